The van der Waals surface area contributed by atoms with Crippen LogP contribution in [0.15, 0.2) is 55.1 Å². The Bertz CT molecular complexity index is 1690. The van der Waals surface area contributed by atoms with Gasteiger partial charge in [-0.05, 0) is 29.8 Å². The van der Waals surface area contributed by atoms with Crippen molar-refractivity contribution < 1.29 is 14.2 Å². The maximum absolute atomic E-state index is 6.32. The van der Waals surface area contributed by atoms with Gasteiger partial charge in [0.1, 0.15) is 28.6 Å². The van der Waals surface area contributed by atoms with Gasteiger partial charge in [-0.2, -0.15) is 4.98 Å². The first-order valence-electron chi connectivity index (χ1n) is 15.9. The van der Waals surface area contributed by atoms with Crippen molar-refractivity contribution in [1.29, 1.82) is 0 Å². The number of imidazole rings is 1. The Kier molecular flexibility index (Phi) is 12.1. The molecule has 1 saturated heterocycles. The first-order chi connectivity index (χ1) is 23.0. The molecule has 47 heavy (non-hydrogen) atoms. The first-order valence-corrected chi connectivity index (χ1v) is 17.1. The number of thiophene rings is 1. The smallest absolute Gasteiger partial charge is 0.225 e. The molecule has 0 atom stereocenters. The molecule has 5 aromatic rings. The quantitative estimate of drug-likeness (QED) is 0.105. The van der Waals surface area contributed by atoms with Crippen LogP contribution in [0.3, 0.4) is 0 Å². The highest BCUT2D eigenvalue weighted by atomic mass is 35.5. The van der Waals surface area contributed by atoms with E-state index in [2.05, 4.69) is 61.0 Å². The lowest BCUT2D eigenvalue weighted by atomic mass is 10.2. The Hall–Kier alpha value is -4.13. The molecule has 13 heteroatoms. The SMILES string of the molecule is CCCCCC.COc1cc(-n2cnc(Nc3nc(Cl)nc4sc(CN5CCN(c6ccccn6)CC5)cc34)c2)cc(OC)c1OC. The van der Waals surface area contributed by atoms with Gasteiger partial charge in [-0.3, -0.25) is 4.90 Å². The molecular weight excluding hydrogens is 636 g/mol. The highest BCUT2D eigenvalue weighted by Crippen LogP contribution is 2.39. The normalized spacial score (nSPS) is 13.3. The van der Waals surface area contributed by atoms with Gasteiger partial charge in [0.2, 0.25) is 11.0 Å². The number of ether oxygens (including phenoxy) is 3. The van der Waals surface area contributed by atoms with Crippen molar-refractivity contribution >= 4 is 50.6 Å². The van der Waals surface area contributed by atoms with Crippen molar-refractivity contribution in [3.05, 3.63) is 65.3 Å². The summed E-state index contributed by atoms with van der Waals surface area (Å²) in [7, 11) is 4.75. The fourth-order valence-corrected chi connectivity index (χ4v) is 6.67. The van der Waals surface area contributed by atoms with Crippen LogP contribution in [0.25, 0.3) is 15.9 Å². The molecule has 0 unspecified atom stereocenters. The van der Waals surface area contributed by atoms with Crippen LogP contribution < -0.4 is 24.4 Å². The molecule has 0 aliphatic carbocycles. The molecule has 1 aliphatic rings. The summed E-state index contributed by atoms with van der Waals surface area (Å²) in [6, 6.07) is 11.9. The van der Waals surface area contributed by atoms with Crippen LogP contribution in [0.4, 0.5) is 17.5 Å². The number of aromatic nitrogens is 5. The summed E-state index contributed by atoms with van der Waals surface area (Å²) < 4.78 is 18.3. The molecule has 1 N–H and O–H groups in total. The average molecular weight is 679 g/mol. The van der Waals surface area contributed by atoms with E-state index in [0.29, 0.717) is 28.9 Å². The molecule has 0 saturated carbocycles. The molecular formula is C34H43ClN8O3S. The van der Waals surface area contributed by atoms with E-state index in [9.17, 15) is 0 Å². The van der Waals surface area contributed by atoms with E-state index in [4.69, 9.17) is 25.8 Å². The summed E-state index contributed by atoms with van der Waals surface area (Å²) in [6.45, 7) is 9.10. The van der Waals surface area contributed by atoms with Gasteiger partial charge < -0.3 is 29.0 Å². The Morgan fingerprint density at radius 2 is 1.62 bits per heavy atom. The molecule has 1 aliphatic heterocycles. The number of methoxy groups -OCH3 is 3. The Morgan fingerprint density at radius 3 is 2.23 bits per heavy atom. The molecule has 11 nitrogen and oxygen atoms in total. The number of hydrogen-bond donors (Lipinski definition) is 1. The van der Waals surface area contributed by atoms with Crippen molar-refractivity contribution in [3.8, 4) is 22.9 Å². The van der Waals surface area contributed by atoms with Gasteiger partial charge in [-0.25, -0.2) is 15.0 Å². The number of nitrogens with zero attached hydrogens (tertiary/aromatic N) is 7. The molecule has 5 heterocycles. The van der Waals surface area contributed by atoms with Crippen LogP contribution in [-0.4, -0.2) is 76.9 Å². The second-order valence-corrected chi connectivity index (χ2v) is 12.6. The van der Waals surface area contributed by atoms with Gasteiger partial charge in [0.25, 0.3) is 0 Å². The third kappa shape index (κ3) is 8.62. The number of nitrogens with one attached hydrogen (secondary N) is 1. The zero-order valence-electron chi connectivity index (χ0n) is 27.7. The van der Waals surface area contributed by atoms with E-state index in [-0.39, 0.29) is 5.28 Å². The lowest BCUT2D eigenvalue weighted by Crippen LogP contribution is -2.46. The van der Waals surface area contributed by atoms with E-state index in [1.807, 2.05) is 41.2 Å². The average Bonchev–Trinajstić information content (AvgIpc) is 3.74. The van der Waals surface area contributed by atoms with Gasteiger partial charge in [0.05, 0.1) is 38.6 Å². The number of anilines is 3. The van der Waals surface area contributed by atoms with Crippen LogP contribution in [0.2, 0.25) is 5.28 Å². The standard InChI is InChI=1S/C28H29ClN8O3S.C6H14/c1-38-21-12-18(13-22(39-2)25(21)40-3)37-16-23(31-17-37)32-26-20-14-19(41-27(20)34-28(29)33-26)15-35-8-10-36(11-9-35)24-6-4-5-7-30-24;1-3-5-6-4-2/h4-7,12-14,16-17H,8-11,15H2,1-3H3,(H,32,33,34);3-6H2,1-2H3. The van der Waals surface area contributed by atoms with Gasteiger partial charge in [-0.1, -0.05) is 45.6 Å². The molecule has 0 amide bonds. The summed E-state index contributed by atoms with van der Waals surface area (Å²) in [6.07, 6.45) is 10.9. The lowest BCUT2D eigenvalue weighted by Gasteiger charge is -2.35. The number of unbranched alkanes of at least 4 members (excludes halogenated alkanes) is 3. The molecule has 250 valence electrons. The van der Waals surface area contributed by atoms with Crippen LogP contribution in [0.1, 0.15) is 44.4 Å². The van der Waals surface area contributed by atoms with E-state index in [0.717, 1.165) is 54.4 Å². The molecule has 1 fully saturated rings. The lowest BCUT2D eigenvalue weighted by molar-refractivity contribution is 0.251. The van der Waals surface area contributed by atoms with Gasteiger partial charge in [0.15, 0.2) is 11.5 Å². The summed E-state index contributed by atoms with van der Waals surface area (Å²) >= 11 is 7.95. The van der Waals surface area contributed by atoms with Crippen molar-refractivity contribution in [2.24, 2.45) is 0 Å². The predicted octanol–water partition coefficient (Wildman–Crippen LogP) is 7.60. The second-order valence-electron chi connectivity index (χ2n) is 11.1. The second kappa shape index (κ2) is 16.6. The van der Waals surface area contributed by atoms with Crippen molar-refractivity contribution in [3.63, 3.8) is 0 Å². The van der Waals surface area contributed by atoms with E-state index >= 15 is 0 Å². The third-order valence-corrected chi connectivity index (χ3v) is 9.06. The van der Waals surface area contributed by atoms with Gasteiger partial charge >= 0.3 is 0 Å². The molecule has 0 spiro atoms. The fraction of sp³-hybridized carbons (Fsp3) is 0.412. The number of halogens is 1. The fourth-order valence-electron chi connectivity index (χ4n) is 5.38. The number of benzene rings is 1. The van der Waals surface area contributed by atoms with Crippen LogP contribution in [0, 0.1) is 0 Å². The van der Waals surface area contributed by atoms with Gasteiger partial charge in [-0.15, -0.1) is 11.3 Å². The number of pyridine rings is 1. The maximum atomic E-state index is 6.32. The molecule has 0 radical (unpaired) electrons. The maximum Gasteiger partial charge on any atom is 0.225 e. The molecule has 0 bridgehead atoms. The zero-order chi connectivity index (χ0) is 33.2. The largest absolute Gasteiger partial charge is 0.493 e. The monoisotopic (exact) mass is 678 g/mol. The van der Waals surface area contributed by atoms with Crippen LogP contribution in [-0.2, 0) is 6.54 Å². The summed E-state index contributed by atoms with van der Waals surface area (Å²) in [5.41, 5.74) is 0.798. The number of rotatable bonds is 12. The summed E-state index contributed by atoms with van der Waals surface area (Å²) in [5, 5.41) is 4.41. The van der Waals surface area contributed by atoms with E-state index < -0.39 is 0 Å². The third-order valence-electron chi connectivity index (χ3n) is 7.88. The Balaban J connectivity index is 0.000000662. The number of fused-ring (bicyclic) bond motifs is 1. The number of piperazine rings is 1. The van der Waals surface area contributed by atoms with Crippen molar-refractivity contribution in [2.45, 2.75) is 46.1 Å². The van der Waals surface area contributed by atoms with Crippen LogP contribution >= 0.6 is 22.9 Å². The van der Waals surface area contributed by atoms with Crippen molar-refractivity contribution in [2.75, 3.05) is 57.7 Å². The summed E-state index contributed by atoms with van der Waals surface area (Å²) in [4.78, 5) is 24.8. The van der Waals surface area contributed by atoms with Gasteiger partial charge in [0, 0.05) is 55.9 Å². The highest BCUT2D eigenvalue weighted by molar-refractivity contribution is 7.18. The minimum absolute atomic E-state index is 0.182. The molecule has 4 aromatic heterocycles. The van der Waals surface area contributed by atoms with E-state index in [1.165, 1.54) is 30.6 Å². The minimum Gasteiger partial charge on any atom is -0.493 e. The molecule has 1 aromatic carbocycles. The topological polar surface area (TPSA) is 103 Å². The highest BCUT2D eigenvalue weighted by Gasteiger charge is 2.20. The first kappa shape index (κ1) is 34.2. The Morgan fingerprint density at radius 1 is 0.894 bits per heavy atom. The zero-order valence-corrected chi connectivity index (χ0v) is 29.3. The Labute approximate surface area is 285 Å². The number of hydrogen-bond acceptors (Lipinski definition) is 11. The van der Waals surface area contributed by atoms with E-state index in [1.54, 1.807) is 39.0 Å². The summed E-state index contributed by atoms with van der Waals surface area (Å²) in [5.74, 6) is 3.88. The minimum atomic E-state index is 0.182. The van der Waals surface area contributed by atoms with Crippen molar-refractivity contribution in [1.82, 2.24) is 29.4 Å². The molecule has 6 rings (SSSR count). The predicted molar refractivity (Wildman–Crippen MR) is 190 cm³/mol. The van der Waals surface area contributed by atoms with Crippen LogP contribution in [0.5, 0.6) is 17.2 Å².